The van der Waals surface area contributed by atoms with Gasteiger partial charge >= 0.3 is 26.1 Å². The van der Waals surface area contributed by atoms with Crippen LogP contribution in [0, 0.1) is 0 Å². The molecule has 0 saturated heterocycles. The first-order valence-electron chi connectivity index (χ1n) is 8.48. The summed E-state index contributed by atoms with van der Waals surface area (Å²) in [5.41, 5.74) is -11.1. The van der Waals surface area contributed by atoms with E-state index in [-0.39, 0.29) is 20.8 Å². The minimum Gasteiger partial charge on any atom is -0.235 e. The summed E-state index contributed by atoms with van der Waals surface area (Å²) in [4.78, 5) is 0. The van der Waals surface area contributed by atoms with Crippen LogP contribution in [0.3, 0.4) is 0 Å². The molecule has 176 valence electrons. The van der Waals surface area contributed by atoms with Gasteiger partial charge in [0.15, 0.2) is 17.0 Å². The topological polar surface area (TPSA) is 44.8 Å². The Kier molecular flexibility index (Phi) is 8.39. The van der Waals surface area contributed by atoms with Gasteiger partial charge in [-0.05, 0) is 40.0 Å². The Hall–Kier alpha value is -0.520. The first-order valence-corrected chi connectivity index (χ1v) is 9.94. The van der Waals surface area contributed by atoms with Gasteiger partial charge in [-0.3, -0.25) is 0 Å². The van der Waals surface area contributed by atoms with E-state index in [1.165, 1.54) is 0 Å². The largest absolute Gasteiger partial charge is 0.489 e. The second kappa shape index (κ2) is 8.55. The third-order valence-electron chi connectivity index (χ3n) is 4.49. The Balaban J connectivity index is 6.31. The molecule has 29 heavy (non-hydrogen) atoms. The monoisotopic (exact) mass is 470 g/mol. The van der Waals surface area contributed by atoms with Crippen LogP contribution in [0.15, 0.2) is 0 Å². The van der Waals surface area contributed by atoms with Crippen molar-refractivity contribution in [2.75, 3.05) is 0 Å². The van der Waals surface area contributed by atoms with Gasteiger partial charge < -0.3 is 0 Å². The molecule has 3 atom stereocenters. The van der Waals surface area contributed by atoms with Gasteiger partial charge in [0.1, 0.15) is 0 Å². The first-order chi connectivity index (χ1) is 12.6. The van der Waals surface area contributed by atoms with Crippen LogP contribution in [-0.2, 0) is 18.1 Å². The standard InChI is InChI=1S/C15H24F9O4P/c1-7-10(4,16)13(19,20)26-29(25,27-14(21,22)11(5,17)8-2)28-15(23,24)12(6,18)9-3/h7-9H2,1-6H3. The highest BCUT2D eigenvalue weighted by Crippen LogP contribution is 2.64. The molecule has 14 heteroatoms. The number of alkyl halides is 9. The molecule has 0 spiro atoms. The van der Waals surface area contributed by atoms with Crippen molar-refractivity contribution in [3.63, 3.8) is 0 Å². The molecule has 0 aliphatic heterocycles. The minimum atomic E-state index is -6.88. The van der Waals surface area contributed by atoms with Gasteiger partial charge in [0.25, 0.3) is 0 Å². The van der Waals surface area contributed by atoms with Gasteiger partial charge in [0, 0.05) is 0 Å². The highest BCUT2D eigenvalue weighted by molar-refractivity contribution is 7.48. The summed E-state index contributed by atoms with van der Waals surface area (Å²) in [5.74, 6) is 0. The molecular formula is C15H24F9O4P. The molecule has 0 aromatic rings. The van der Waals surface area contributed by atoms with Crippen molar-refractivity contribution in [3.8, 4) is 0 Å². The van der Waals surface area contributed by atoms with E-state index in [2.05, 4.69) is 13.6 Å². The fourth-order valence-electron chi connectivity index (χ4n) is 1.38. The summed E-state index contributed by atoms with van der Waals surface area (Å²) in [5, 5.41) is 0. The highest BCUT2D eigenvalue weighted by atomic mass is 31.2. The highest BCUT2D eigenvalue weighted by Gasteiger charge is 2.66. The normalized spacial score (nSPS) is 22.3. The van der Waals surface area contributed by atoms with Crippen molar-refractivity contribution in [2.24, 2.45) is 0 Å². The predicted octanol–water partition coefficient (Wildman–Crippen LogP) is 7.34. The molecule has 0 aliphatic carbocycles. The average Bonchev–Trinajstić information content (AvgIpc) is 2.51. The van der Waals surface area contributed by atoms with Crippen LogP contribution in [0.2, 0.25) is 0 Å². The average molecular weight is 470 g/mol. The quantitative estimate of drug-likeness (QED) is 0.221. The van der Waals surface area contributed by atoms with Gasteiger partial charge in [-0.15, -0.1) is 0 Å². The number of phosphoric acid groups is 1. The molecule has 0 heterocycles. The summed E-state index contributed by atoms with van der Waals surface area (Å²) in [6, 6.07) is 0. The number of phosphoric ester groups is 1. The SMILES string of the molecule is CCC(C)(F)C(F)(F)OP(=O)(OC(F)(F)C(C)(F)CC)OC(F)(F)C(C)(F)CC. The van der Waals surface area contributed by atoms with Gasteiger partial charge in [-0.2, -0.15) is 26.3 Å². The fraction of sp³-hybridized carbons (Fsp3) is 1.00. The molecule has 0 saturated carbocycles. The number of hydrogen-bond acceptors (Lipinski definition) is 4. The van der Waals surface area contributed by atoms with Crippen molar-refractivity contribution in [1.29, 1.82) is 0 Å². The molecule has 0 fully saturated rings. The molecule has 0 bridgehead atoms. The molecule has 0 aromatic heterocycles. The molecule has 0 aromatic carbocycles. The molecule has 0 radical (unpaired) electrons. The zero-order valence-electron chi connectivity index (χ0n) is 16.6. The lowest BCUT2D eigenvalue weighted by molar-refractivity contribution is -0.323. The summed E-state index contributed by atoms with van der Waals surface area (Å²) < 4.78 is 148. The van der Waals surface area contributed by atoms with Crippen LogP contribution in [0.25, 0.3) is 0 Å². The van der Waals surface area contributed by atoms with Crippen LogP contribution in [0.4, 0.5) is 39.5 Å². The maximum atomic E-state index is 14.0. The van der Waals surface area contributed by atoms with Gasteiger partial charge in [-0.25, -0.2) is 31.3 Å². The molecule has 0 amide bonds. The molecule has 0 N–H and O–H groups in total. The molecule has 4 nitrogen and oxygen atoms in total. The van der Waals surface area contributed by atoms with E-state index in [4.69, 9.17) is 0 Å². The zero-order valence-corrected chi connectivity index (χ0v) is 17.5. The lowest BCUT2D eigenvalue weighted by Gasteiger charge is -2.37. The smallest absolute Gasteiger partial charge is 0.235 e. The summed E-state index contributed by atoms with van der Waals surface area (Å²) >= 11 is 0. The zero-order chi connectivity index (χ0) is 23.7. The Morgan fingerprint density at radius 3 is 0.862 bits per heavy atom. The lowest BCUT2D eigenvalue weighted by atomic mass is 10.1. The van der Waals surface area contributed by atoms with E-state index in [9.17, 15) is 44.1 Å². The van der Waals surface area contributed by atoms with E-state index in [1.807, 2.05) is 0 Å². The van der Waals surface area contributed by atoms with Crippen LogP contribution in [0.5, 0.6) is 0 Å². The minimum absolute atomic E-state index is 0.185. The van der Waals surface area contributed by atoms with Crippen LogP contribution < -0.4 is 0 Å². The van der Waals surface area contributed by atoms with E-state index in [0.29, 0.717) is 0 Å². The van der Waals surface area contributed by atoms with Crippen molar-refractivity contribution in [2.45, 2.75) is 96.1 Å². The van der Waals surface area contributed by atoms with E-state index in [0.717, 1.165) is 20.8 Å². The molecular weight excluding hydrogens is 446 g/mol. The maximum absolute atomic E-state index is 14.0. The fourth-order valence-corrected chi connectivity index (χ4v) is 2.91. The summed E-state index contributed by atoms with van der Waals surface area (Å²) in [6.45, 7) is 3.09. The van der Waals surface area contributed by atoms with E-state index < -0.39 is 62.4 Å². The van der Waals surface area contributed by atoms with E-state index in [1.54, 1.807) is 0 Å². The molecule has 3 unspecified atom stereocenters. The van der Waals surface area contributed by atoms with Gasteiger partial charge in [0.05, 0.1) is 0 Å². The Bertz CT molecular complexity index is 528. The number of halogens is 9. The molecule has 0 aliphatic rings. The molecule has 0 rings (SSSR count). The van der Waals surface area contributed by atoms with Gasteiger partial charge in [0.2, 0.25) is 0 Å². The van der Waals surface area contributed by atoms with Crippen molar-refractivity contribution < 1.29 is 57.7 Å². The van der Waals surface area contributed by atoms with Crippen molar-refractivity contribution in [3.05, 3.63) is 0 Å². The van der Waals surface area contributed by atoms with Crippen LogP contribution in [-0.4, -0.2) is 35.3 Å². The first kappa shape index (κ1) is 28.5. The van der Waals surface area contributed by atoms with Crippen molar-refractivity contribution in [1.82, 2.24) is 0 Å². The second-order valence-electron chi connectivity index (χ2n) is 6.92. The van der Waals surface area contributed by atoms with Crippen molar-refractivity contribution >= 4 is 7.82 Å². The Morgan fingerprint density at radius 1 is 0.552 bits per heavy atom. The lowest BCUT2D eigenvalue weighted by Crippen LogP contribution is -2.48. The summed E-state index contributed by atoms with van der Waals surface area (Å²) in [7, 11) is -6.88. The maximum Gasteiger partial charge on any atom is 0.489 e. The Morgan fingerprint density at radius 2 is 0.724 bits per heavy atom. The second-order valence-corrected chi connectivity index (χ2v) is 8.37. The number of rotatable bonds is 12. The van der Waals surface area contributed by atoms with Crippen LogP contribution in [0.1, 0.15) is 60.8 Å². The Labute approximate surface area is 162 Å². The third-order valence-corrected chi connectivity index (χ3v) is 5.85. The van der Waals surface area contributed by atoms with Crippen LogP contribution >= 0.6 is 7.82 Å². The number of hydrogen-bond donors (Lipinski definition) is 0. The summed E-state index contributed by atoms with van der Waals surface area (Å²) in [6.07, 6.45) is -19.0. The third kappa shape index (κ3) is 6.24. The van der Waals surface area contributed by atoms with Gasteiger partial charge in [-0.1, -0.05) is 20.8 Å². The predicted molar refractivity (Wildman–Crippen MR) is 85.1 cm³/mol. The van der Waals surface area contributed by atoms with E-state index >= 15 is 0 Å².